The van der Waals surface area contributed by atoms with E-state index in [9.17, 15) is 4.79 Å². The van der Waals surface area contributed by atoms with Crippen LogP contribution >= 0.6 is 0 Å². The summed E-state index contributed by atoms with van der Waals surface area (Å²) in [6.45, 7) is 15.8. The normalized spacial score (nSPS) is 22.5. The monoisotopic (exact) mass is 385 g/mol. The van der Waals surface area contributed by atoms with Gasteiger partial charge in [0.05, 0.1) is 25.3 Å². The van der Waals surface area contributed by atoms with Crippen molar-refractivity contribution in [3.05, 3.63) is 41.0 Å². The third-order valence-electron chi connectivity index (χ3n) is 5.50. The van der Waals surface area contributed by atoms with Gasteiger partial charge in [0.25, 0.3) is 0 Å². The van der Waals surface area contributed by atoms with Crippen LogP contribution in [0.25, 0.3) is 5.57 Å². The zero-order valence-corrected chi connectivity index (χ0v) is 18.4. The van der Waals surface area contributed by atoms with Gasteiger partial charge in [-0.25, -0.2) is 4.79 Å². The number of hydrogen-bond acceptors (Lipinski definition) is 3. The van der Waals surface area contributed by atoms with Crippen LogP contribution in [-0.2, 0) is 9.47 Å². The Morgan fingerprint density at radius 3 is 2.21 bits per heavy atom. The van der Waals surface area contributed by atoms with Crippen LogP contribution in [0.1, 0.15) is 83.4 Å². The summed E-state index contributed by atoms with van der Waals surface area (Å²) in [6.07, 6.45) is 2.81. The van der Waals surface area contributed by atoms with Crippen LogP contribution in [0.4, 0.5) is 4.79 Å². The fourth-order valence-corrected chi connectivity index (χ4v) is 4.30. The van der Waals surface area contributed by atoms with Crippen molar-refractivity contribution in [3.63, 3.8) is 0 Å². The van der Waals surface area contributed by atoms with E-state index in [0.29, 0.717) is 25.0 Å². The molecule has 28 heavy (non-hydrogen) atoms. The molecule has 2 heterocycles. The molecule has 4 heteroatoms. The number of fused-ring (bicyclic) bond motifs is 2. The number of hydrogen-bond donors (Lipinski definition) is 0. The molecule has 1 aromatic rings. The quantitative estimate of drug-likeness (QED) is 0.667. The smallest absolute Gasteiger partial charge is 0.411 e. The van der Waals surface area contributed by atoms with Crippen molar-refractivity contribution in [3.8, 4) is 0 Å². The van der Waals surface area contributed by atoms with Gasteiger partial charge in [0.1, 0.15) is 5.60 Å². The number of nitrogens with zero attached hydrogens (tertiary/aromatic N) is 1. The summed E-state index contributed by atoms with van der Waals surface area (Å²) in [5.41, 5.74) is 5.02. The lowest BCUT2D eigenvalue weighted by molar-refractivity contribution is -0.0510. The SMILES string of the molecule is CC(C)c1cccc(C(C)C)c1C1=CC2COCC(C1)N2C(=O)OC(C)(C)C. The number of rotatable bonds is 3. The summed E-state index contributed by atoms with van der Waals surface area (Å²) in [7, 11) is 0. The largest absolute Gasteiger partial charge is 0.444 e. The van der Waals surface area contributed by atoms with Crippen LogP contribution in [0.15, 0.2) is 24.3 Å². The first-order valence-electron chi connectivity index (χ1n) is 10.5. The van der Waals surface area contributed by atoms with Gasteiger partial charge in [0, 0.05) is 0 Å². The third-order valence-corrected chi connectivity index (χ3v) is 5.50. The molecule has 2 bridgehead atoms. The molecule has 0 radical (unpaired) electrons. The van der Waals surface area contributed by atoms with E-state index >= 15 is 0 Å². The van der Waals surface area contributed by atoms with Crippen LogP contribution in [0.3, 0.4) is 0 Å². The molecule has 1 amide bonds. The Labute approximate surface area is 169 Å². The maximum atomic E-state index is 12.8. The summed E-state index contributed by atoms with van der Waals surface area (Å²) in [5, 5.41) is 0. The first kappa shape index (κ1) is 20.9. The molecule has 0 aliphatic carbocycles. The number of morpholine rings is 1. The average Bonchev–Trinajstić information content (AvgIpc) is 2.58. The zero-order valence-electron chi connectivity index (χ0n) is 18.4. The van der Waals surface area contributed by atoms with E-state index < -0.39 is 5.60 Å². The Bertz CT molecular complexity index is 731. The molecule has 1 fully saturated rings. The van der Waals surface area contributed by atoms with Gasteiger partial charge in [0.15, 0.2) is 0 Å². The highest BCUT2D eigenvalue weighted by molar-refractivity contribution is 5.77. The highest BCUT2D eigenvalue weighted by Crippen LogP contribution is 2.40. The number of carbonyl (C=O) groups is 1. The highest BCUT2D eigenvalue weighted by atomic mass is 16.6. The van der Waals surface area contributed by atoms with Crippen LogP contribution in [0, 0.1) is 0 Å². The van der Waals surface area contributed by atoms with Crippen molar-refractivity contribution < 1.29 is 14.3 Å². The molecule has 0 spiro atoms. The average molecular weight is 386 g/mol. The fraction of sp³-hybridized carbons (Fsp3) is 0.625. The molecule has 2 aliphatic heterocycles. The Kier molecular flexibility index (Phi) is 5.90. The lowest BCUT2D eigenvalue weighted by Gasteiger charge is -2.45. The number of ether oxygens (including phenoxy) is 2. The molecule has 2 atom stereocenters. The van der Waals surface area contributed by atoms with Gasteiger partial charge in [-0.2, -0.15) is 0 Å². The van der Waals surface area contributed by atoms with Crippen molar-refractivity contribution >= 4 is 11.7 Å². The predicted octanol–water partition coefficient (Wildman–Crippen LogP) is 5.73. The van der Waals surface area contributed by atoms with Gasteiger partial charge < -0.3 is 9.47 Å². The van der Waals surface area contributed by atoms with Crippen molar-refractivity contribution in [1.29, 1.82) is 0 Å². The molecule has 154 valence electrons. The molecule has 0 N–H and O–H groups in total. The molecular weight excluding hydrogens is 350 g/mol. The second-order valence-corrected chi connectivity index (χ2v) is 9.66. The van der Waals surface area contributed by atoms with E-state index in [1.807, 2.05) is 25.7 Å². The predicted molar refractivity (Wildman–Crippen MR) is 114 cm³/mol. The fourth-order valence-electron chi connectivity index (χ4n) is 4.30. The number of amides is 1. The Balaban J connectivity index is 2.02. The summed E-state index contributed by atoms with van der Waals surface area (Å²) in [4.78, 5) is 14.7. The Morgan fingerprint density at radius 1 is 1.11 bits per heavy atom. The molecule has 1 saturated heterocycles. The van der Waals surface area contributed by atoms with E-state index in [1.54, 1.807) is 0 Å². The summed E-state index contributed by atoms with van der Waals surface area (Å²) >= 11 is 0. The molecule has 0 aromatic heterocycles. The summed E-state index contributed by atoms with van der Waals surface area (Å²) < 4.78 is 11.5. The molecule has 4 nitrogen and oxygen atoms in total. The Hall–Kier alpha value is -1.81. The van der Waals surface area contributed by atoms with E-state index in [0.717, 1.165) is 6.42 Å². The van der Waals surface area contributed by atoms with Crippen molar-refractivity contribution in [1.82, 2.24) is 4.90 Å². The molecule has 3 rings (SSSR count). The first-order chi connectivity index (χ1) is 13.1. The van der Waals surface area contributed by atoms with E-state index in [2.05, 4.69) is 52.0 Å². The summed E-state index contributed by atoms with van der Waals surface area (Å²) in [6, 6.07) is 6.62. The second kappa shape index (κ2) is 7.90. The van der Waals surface area contributed by atoms with Crippen LogP contribution in [0.2, 0.25) is 0 Å². The molecule has 0 saturated carbocycles. The standard InChI is InChI=1S/C24H35NO3/c1-15(2)20-9-8-10-21(16(3)4)22(20)17-11-18-13-27-14-19(12-17)25(18)23(26)28-24(5,6)7/h8-11,15-16,18-19H,12-14H2,1-7H3. The van der Waals surface area contributed by atoms with Crippen molar-refractivity contribution in [2.75, 3.05) is 13.2 Å². The zero-order chi connectivity index (χ0) is 20.6. The minimum absolute atomic E-state index is 0.0221. The topological polar surface area (TPSA) is 38.8 Å². The van der Waals surface area contributed by atoms with Gasteiger partial charge in [-0.1, -0.05) is 52.0 Å². The van der Waals surface area contributed by atoms with E-state index in [4.69, 9.17) is 9.47 Å². The van der Waals surface area contributed by atoms with Gasteiger partial charge in [-0.05, 0) is 61.3 Å². The van der Waals surface area contributed by atoms with Gasteiger partial charge in [0.2, 0.25) is 0 Å². The number of carbonyl (C=O) groups excluding carboxylic acids is 1. The Morgan fingerprint density at radius 2 is 1.71 bits per heavy atom. The molecule has 1 aromatic carbocycles. The minimum Gasteiger partial charge on any atom is -0.444 e. The van der Waals surface area contributed by atoms with Crippen molar-refractivity contribution in [2.24, 2.45) is 0 Å². The highest BCUT2D eigenvalue weighted by Gasteiger charge is 2.40. The van der Waals surface area contributed by atoms with Crippen LogP contribution in [0.5, 0.6) is 0 Å². The second-order valence-electron chi connectivity index (χ2n) is 9.66. The molecule has 2 unspecified atom stereocenters. The van der Waals surface area contributed by atoms with Gasteiger partial charge in [-0.3, -0.25) is 4.90 Å². The van der Waals surface area contributed by atoms with Gasteiger partial charge >= 0.3 is 6.09 Å². The van der Waals surface area contributed by atoms with E-state index in [1.165, 1.54) is 22.3 Å². The maximum Gasteiger partial charge on any atom is 0.411 e. The van der Waals surface area contributed by atoms with E-state index in [-0.39, 0.29) is 18.2 Å². The molecule has 2 aliphatic rings. The van der Waals surface area contributed by atoms with Crippen LogP contribution < -0.4 is 0 Å². The van der Waals surface area contributed by atoms with Crippen molar-refractivity contribution in [2.45, 2.75) is 84.4 Å². The third kappa shape index (κ3) is 4.27. The molecular formula is C24H35NO3. The van der Waals surface area contributed by atoms with Crippen LogP contribution in [-0.4, -0.2) is 41.9 Å². The number of benzene rings is 1. The minimum atomic E-state index is -0.495. The first-order valence-corrected chi connectivity index (χ1v) is 10.5. The summed E-state index contributed by atoms with van der Waals surface area (Å²) in [5.74, 6) is 0.907. The lowest BCUT2D eigenvalue weighted by atomic mass is 9.80. The van der Waals surface area contributed by atoms with Gasteiger partial charge in [-0.15, -0.1) is 0 Å². The maximum absolute atomic E-state index is 12.8. The lowest BCUT2D eigenvalue weighted by Crippen LogP contribution is -2.57.